The van der Waals surface area contributed by atoms with Crippen LogP contribution in [0, 0.1) is 24.1 Å². The number of ether oxygens (including phenoxy) is 1. The molecular formula is C15H12FNO2. The third-order valence-corrected chi connectivity index (χ3v) is 2.70. The predicted octanol–water partition coefficient (Wildman–Crippen LogP) is 3.29. The van der Waals surface area contributed by atoms with Crippen molar-refractivity contribution in [2.45, 2.75) is 13.5 Å². The standard InChI is InChI=1S/C15H12FNO2/c1-10-6-13(16)3-5-14(10)19-15-4-2-11(9-18)7-12(15)8-17/h2-7,18H,9H2,1H3. The highest BCUT2D eigenvalue weighted by Gasteiger charge is 2.08. The van der Waals surface area contributed by atoms with Gasteiger partial charge in [0.15, 0.2) is 0 Å². The van der Waals surface area contributed by atoms with Crippen LogP contribution in [0.5, 0.6) is 11.5 Å². The second-order valence-corrected chi connectivity index (χ2v) is 4.11. The Morgan fingerprint density at radius 3 is 2.58 bits per heavy atom. The van der Waals surface area contributed by atoms with Crippen LogP contribution in [0.3, 0.4) is 0 Å². The van der Waals surface area contributed by atoms with Crippen LogP contribution >= 0.6 is 0 Å². The zero-order valence-corrected chi connectivity index (χ0v) is 10.4. The van der Waals surface area contributed by atoms with Gasteiger partial charge >= 0.3 is 0 Å². The van der Waals surface area contributed by atoms with Crippen LogP contribution in [-0.2, 0) is 6.61 Å². The van der Waals surface area contributed by atoms with Crippen molar-refractivity contribution in [3.63, 3.8) is 0 Å². The minimum Gasteiger partial charge on any atom is -0.456 e. The lowest BCUT2D eigenvalue weighted by atomic mass is 10.1. The lowest BCUT2D eigenvalue weighted by molar-refractivity contribution is 0.281. The minimum atomic E-state index is -0.332. The van der Waals surface area contributed by atoms with Crippen molar-refractivity contribution in [3.05, 3.63) is 58.9 Å². The molecule has 2 aromatic carbocycles. The molecule has 0 radical (unpaired) electrons. The van der Waals surface area contributed by atoms with Crippen molar-refractivity contribution in [2.24, 2.45) is 0 Å². The second kappa shape index (κ2) is 5.51. The van der Waals surface area contributed by atoms with Gasteiger partial charge in [-0.2, -0.15) is 5.26 Å². The van der Waals surface area contributed by atoms with E-state index in [1.807, 2.05) is 6.07 Å². The summed E-state index contributed by atoms with van der Waals surface area (Å²) in [6, 6.07) is 11.1. The Bertz CT molecular complexity index is 647. The molecule has 4 heteroatoms. The van der Waals surface area contributed by atoms with Gasteiger partial charge in [0.1, 0.15) is 23.4 Å². The molecule has 0 heterocycles. The Hall–Kier alpha value is -2.38. The summed E-state index contributed by atoms with van der Waals surface area (Å²) in [6.07, 6.45) is 0. The predicted molar refractivity (Wildman–Crippen MR) is 68.3 cm³/mol. The number of hydrogen-bond acceptors (Lipinski definition) is 3. The van der Waals surface area contributed by atoms with Crippen LogP contribution in [0.2, 0.25) is 0 Å². The van der Waals surface area contributed by atoms with Crippen molar-refractivity contribution in [1.29, 1.82) is 5.26 Å². The molecule has 0 bridgehead atoms. The van der Waals surface area contributed by atoms with Gasteiger partial charge in [-0.15, -0.1) is 0 Å². The van der Waals surface area contributed by atoms with E-state index in [-0.39, 0.29) is 12.4 Å². The summed E-state index contributed by atoms with van der Waals surface area (Å²) >= 11 is 0. The van der Waals surface area contributed by atoms with E-state index in [2.05, 4.69) is 0 Å². The van der Waals surface area contributed by atoms with E-state index in [1.165, 1.54) is 18.2 Å². The van der Waals surface area contributed by atoms with Crippen LogP contribution in [0.25, 0.3) is 0 Å². The van der Waals surface area contributed by atoms with E-state index in [1.54, 1.807) is 25.1 Å². The van der Waals surface area contributed by atoms with Crippen molar-refractivity contribution in [3.8, 4) is 17.6 Å². The Labute approximate surface area is 110 Å². The lowest BCUT2D eigenvalue weighted by Crippen LogP contribution is -1.93. The van der Waals surface area contributed by atoms with Crippen LogP contribution in [0.15, 0.2) is 36.4 Å². The number of aliphatic hydroxyl groups is 1. The van der Waals surface area contributed by atoms with Crippen LogP contribution < -0.4 is 4.74 Å². The fraction of sp³-hybridized carbons (Fsp3) is 0.133. The third-order valence-electron chi connectivity index (χ3n) is 2.70. The molecule has 0 saturated heterocycles. The van der Waals surface area contributed by atoms with Gasteiger partial charge in [0, 0.05) is 0 Å². The Kier molecular flexibility index (Phi) is 3.79. The van der Waals surface area contributed by atoms with Gasteiger partial charge in [0.25, 0.3) is 0 Å². The third kappa shape index (κ3) is 2.90. The van der Waals surface area contributed by atoms with Gasteiger partial charge in [-0.3, -0.25) is 0 Å². The van der Waals surface area contributed by atoms with E-state index in [0.717, 1.165) is 0 Å². The maximum atomic E-state index is 13.0. The summed E-state index contributed by atoms with van der Waals surface area (Å²) in [5.74, 6) is 0.546. The average Bonchev–Trinajstić information content (AvgIpc) is 2.42. The zero-order valence-electron chi connectivity index (χ0n) is 10.4. The number of aliphatic hydroxyl groups excluding tert-OH is 1. The summed E-state index contributed by atoms with van der Waals surface area (Å²) in [5, 5.41) is 18.1. The molecule has 0 aromatic heterocycles. The molecule has 0 aliphatic carbocycles. The summed E-state index contributed by atoms with van der Waals surface area (Å²) in [6.45, 7) is 1.59. The molecule has 0 unspecified atom stereocenters. The average molecular weight is 257 g/mol. The summed E-state index contributed by atoms with van der Waals surface area (Å²) < 4.78 is 18.6. The topological polar surface area (TPSA) is 53.2 Å². The molecule has 0 atom stereocenters. The van der Waals surface area contributed by atoms with E-state index in [9.17, 15) is 4.39 Å². The zero-order chi connectivity index (χ0) is 13.8. The molecule has 0 saturated carbocycles. The molecule has 2 aromatic rings. The number of nitrogens with zero attached hydrogens (tertiary/aromatic N) is 1. The molecular weight excluding hydrogens is 245 g/mol. The van der Waals surface area contributed by atoms with Crippen molar-refractivity contribution in [2.75, 3.05) is 0 Å². The highest BCUT2D eigenvalue weighted by molar-refractivity contribution is 5.48. The number of benzene rings is 2. The van der Waals surface area contributed by atoms with Crippen molar-refractivity contribution < 1.29 is 14.2 Å². The molecule has 0 aliphatic rings. The smallest absolute Gasteiger partial charge is 0.145 e. The first kappa shape index (κ1) is 13.1. The number of nitriles is 1. The van der Waals surface area contributed by atoms with E-state index in [0.29, 0.717) is 28.2 Å². The molecule has 0 amide bonds. The number of rotatable bonds is 3. The van der Waals surface area contributed by atoms with Crippen LogP contribution in [0.4, 0.5) is 4.39 Å². The van der Waals surface area contributed by atoms with Crippen molar-refractivity contribution in [1.82, 2.24) is 0 Å². The summed E-state index contributed by atoms with van der Waals surface area (Å²) in [4.78, 5) is 0. The van der Waals surface area contributed by atoms with Gasteiger partial charge in [-0.25, -0.2) is 4.39 Å². The highest BCUT2D eigenvalue weighted by Crippen LogP contribution is 2.28. The highest BCUT2D eigenvalue weighted by atomic mass is 19.1. The first-order valence-corrected chi connectivity index (χ1v) is 5.72. The first-order chi connectivity index (χ1) is 9.13. The fourth-order valence-electron chi connectivity index (χ4n) is 1.70. The molecule has 96 valence electrons. The fourth-order valence-corrected chi connectivity index (χ4v) is 1.70. The Morgan fingerprint density at radius 1 is 1.21 bits per heavy atom. The maximum Gasteiger partial charge on any atom is 0.145 e. The molecule has 1 N–H and O–H groups in total. The second-order valence-electron chi connectivity index (χ2n) is 4.11. The van der Waals surface area contributed by atoms with Crippen molar-refractivity contribution >= 4 is 0 Å². The van der Waals surface area contributed by atoms with Gasteiger partial charge in [0.2, 0.25) is 0 Å². The van der Waals surface area contributed by atoms with E-state index >= 15 is 0 Å². The van der Waals surface area contributed by atoms with Gasteiger partial charge < -0.3 is 9.84 Å². The molecule has 3 nitrogen and oxygen atoms in total. The normalized spacial score (nSPS) is 10.0. The number of aryl methyl sites for hydroxylation is 1. The van der Waals surface area contributed by atoms with Gasteiger partial charge in [0.05, 0.1) is 12.2 Å². The quantitative estimate of drug-likeness (QED) is 0.917. The lowest BCUT2D eigenvalue weighted by Gasteiger charge is -2.10. The maximum absolute atomic E-state index is 13.0. The number of halogens is 1. The summed E-state index contributed by atoms with van der Waals surface area (Å²) in [7, 11) is 0. The van der Waals surface area contributed by atoms with E-state index < -0.39 is 0 Å². The monoisotopic (exact) mass is 257 g/mol. The van der Waals surface area contributed by atoms with Crippen LogP contribution in [-0.4, -0.2) is 5.11 Å². The van der Waals surface area contributed by atoms with Gasteiger partial charge in [-0.1, -0.05) is 6.07 Å². The SMILES string of the molecule is Cc1cc(F)ccc1Oc1ccc(CO)cc1C#N. The van der Waals surface area contributed by atoms with Crippen LogP contribution in [0.1, 0.15) is 16.7 Å². The number of hydrogen-bond donors (Lipinski definition) is 1. The molecule has 19 heavy (non-hydrogen) atoms. The minimum absolute atomic E-state index is 0.134. The summed E-state index contributed by atoms with van der Waals surface area (Å²) in [5.41, 5.74) is 1.62. The van der Waals surface area contributed by atoms with E-state index in [4.69, 9.17) is 15.1 Å². The largest absolute Gasteiger partial charge is 0.456 e. The molecule has 0 aliphatic heterocycles. The molecule has 0 spiro atoms. The Morgan fingerprint density at radius 2 is 1.95 bits per heavy atom. The molecule has 0 fully saturated rings. The Balaban J connectivity index is 2.35. The van der Waals surface area contributed by atoms with Gasteiger partial charge in [-0.05, 0) is 48.4 Å². The first-order valence-electron chi connectivity index (χ1n) is 5.72. The molecule has 2 rings (SSSR count).